The molecule has 0 spiro atoms. The summed E-state index contributed by atoms with van der Waals surface area (Å²) in [6.45, 7) is 5.94. The highest BCUT2D eigenvalue weighted by molar-refractivity contribution is 5.42. The van der Waals surface area contributed by atoms with Crippen molar-refractivity contribution in [1.29, 1.82) is 0 Å². The van der Waals surface area contributed by atoms with E-state index in [0.29, 0.717) is 0 Å². The Labute approximate surface area is 138 Å². The molecule has 0 aliphatic carbocycles. The fourth-order valence-corrected chi connectivity index (χ4v) is 3.00. The third-order valence-corrected chi connectivity index (χ3v) is 4.35. The minimum Gasteiger partial charge on any atom is -0.355 e. The lowest BCUT2D eigenvalue weighted by Crippen LogP contribution is -2.28. The van der Waals surface area contributed by atoms with E-state index in [0.717, 1.165) is 37.9 Å². The van der Waals surface area contributed by atoms with Crippen LogP contribution in [0.3, 0.4) is 0 Å². The summed E-state index contributed by atoms with van der Waals surface area (Å²) in [5, 5.41) is 8.47. The lowest BCUT2D eigenvalue weighted by Gasteiger charge is -2.24. The molecule has 0 atom stereocenters. The Kier molecular flexibility index (Phi) is 5.40. The molecule has 23 heavy (non-hydrogen) atoms. The van der Waals surface area contributed by atoms with Gasteiger partial charge in [-0.15, -0.1) is 5.10 Å². The minimum atomic E-state index is 0.720. The van der Waals surface area contributed by atoms with Crippen LogP contribution in [0.4, 0.5) is 11.8 Å². The predicted octanol–water partition coefficient (Wildman–Crippen LogP) is 3.28. The van der Waals surface area contributed by atoms with Gasteiger partial charge >= 0.3 is 0 Å². The van der Waals surface area contributed by atoms with Crippen LogP contribution < -0.4 is 9.80 Å². The maximum Gasteiger partial charge on any atom is 0.247 e. The molecule has 1 fully saturated rings. The van der Waals surface area contributed by atoms with Crippen molar-refractivity contribution in [1.82, 2.24) is 15.2 Å². The smallest absolute Gasteiger partial charge is 0.247 e. The summed E-state index contributed by atoms with van der Waals surface area (Å²) in [6, 6.07) is 10.4. The molecule has 1 aromatic carbocycles. The van der Waals surface area contributed by atoms with Crippen molar-refractivity contribution in [2.24, 2.45) is 0 Å². The van der Waals surface area contributed by atoms with E-state index in [1.807, 2.05) is 6.07 Å². The molecule has 5 nitrogen and oxygen atoms in total. The Morgan fingerprint density at radius 3 is 2.48 bits per heavy atom. The second kappa shape index (κ2) is 7.90. The summed E-state index contributed by atoms with van der Waals surface area (Å²) >= 11 is 0. The summed E-state index contributed by atoms with van der Waals surface area (Å²) < 4.78 is 0. The molecule has 1 aromatic heterocycles. The summed E-state index contributed by atoms with van der Waals surface area (Å²) in [5.41, 5.74) is 1.26. The molecule has 0 unspecified atom stereocenters. The average molecular weight is 311 g/mol. The van der Waals surface area contributed by atoms with E-state index in [9.17, 15) is 0 Å². The summed E-state index contributed by atoms with van der Waals surface area (Å²) in [6.07, 6.45) is 6.90. The van der Waals surface area contributed by atoms with E-state index in [4.69, 9.17) is 4.98 Å². The lowest BCUT2D eigenvalue weighted by atomic mass is 10.2. The van der Waals surface area contributed by atoms with Gasteiger partial charge in [-0.25, -0.2) is 0 Å². The molecule has 1 aliphatic rings. The van der Waals surface area contributed by atoms with Gasteiger partial charge in [0, 0.05) is 26.2 Å². The quantitative estimate of drug-likeness (QED) is 0.848. The van der Waals surface area contributed by atoms with Crippen LogP contribution in [0.15, 0.2) is 36.5 Å². The zero-order chi connectivity index (χ0) is 15.9. The van der Waals surface area contributed by atoms with Crippen LogP contribution in [0.5, 0.6) is 0 Å². The third kappa shape index (κ3) is 4.18. The van der Waals surface area contributed by atoms with Crippen LogP contribution in [0.1, 0.15) is 38.2 Å². The zero-order valence-corrected chi connectivity index (χ0v) is 13.9. The number of benzene rings is 1. The van der Waals surface area contributed by atoms with Crippen molar-refractivity contribution >= 4 is 11.8 Å². The second-order valence-electron chi connectivity index (χ2n) is 6.02. The fraction of sp³-hybridized carbons (Fsp3) is 0.500. The molecule has 0 amide bonds. The number of hydrogen-bond acceptors (Lipinski definition) is 5. The number of anilines is 2. The highest BCUT2D eigenvalue weighted by Crippen LogP contribution is 2.19. The average Bonchev–Trinajstić information content (AvgIpc) is 2.90. The summed E-state index contributed by atoms with van der Waals surface area (Å²) in [5.74, 6) is 1.68. The molecule has 2 heterocycles. The van der Waals surface area contributed by atoms with Crippen molar-refractivity contribution in [3.63, 3.8) is 0 Å². The predicted molar refractivity (Wildman–Crippen MR) is 93.7 cm³/mol. The van der Waals surface area contributed by atoms with Crippen LogP contribution in [-0.4, -0.2) is 34.8 Å². The molecule has 1 aliphatic heterocycles. The maximum absolute atomic E-state index is 4.78. The first-order valence-electron chi connectivity index (χ1n) is 8.60. The van der Waals surface area contributed by atoms with Gasteiger partial charge in [0.2, 0.25) is 5.95 Å². The monoisotopic (exact) mass is 311 g/mol. The van der Waals surface area contributed by atoms with E-state index >= 15 is 0 Å². The second-order valence-corrected chi connectivity index (χ2v) is 6.02. The van der Waals surface area contributed by atoms with Crippen molar-refractivity contribution in [3.05, 3.63) is 42.1 Å². The standard InChI is InChI=1S/C18H25N5/c1-2-22(15-16-10-6-5-7-11-16)18-20-17(14-19-21-18)23-12-8-3-4-9-13-23/h5-7,10-11,14H,2-4,8-9,12-13,15H2,1H3. The number of nitrogens with zero attached hydrogens (tertiary/aromatic N) is 5. The Balaban J connectivity index is 1.76. The highest BCUT2D eigenvalue weighted by atomic mass is 15.3. The topological polar surface area (TPSA) is 45.2 Å². The number of aromatic nitrogens is 3. The fourth-order valence-electron chi connectivity index (χ4n) is 3.00. The van der Waals surface area contributed by atoms with Crippen LogP contribution in [0.2, 0.25) is 0 Å². The Morgan fingerprint density at radius 2 is 1.78 bits per heavy atom. The van der Waals surface area contributed by atoms with Crippen LogP contribution in [-0.2, 0) is 6.54 Å². The normalized spacial score (nSPS) is 15.3. The molecule has 5 heteroatoms. The van der Waals surface area contributed by atoms with Gasteiger partial charge in [-0.1, -0.05) is 43.2 Å². The Morgan fingerprint density at radius 1 is 1.04 bits per heavy atom. The van der Waals surface area contributed by atoms with Crippen molar-refractivity contribution in [3.8, 4) is 0 Å². The molecule has 0 bridgehead atoms. The summed E-state index contributed by atoms with van der Waals surface area (Å²) in [7, 11) is 0. The number of rotatable bonds is 5. The summed E-state index contributed by atoms with van der Waals surface area (Å²) in [4.78, 5) is 9.30. The first-order valence-corrected chi connectivity index (χ1v) is 8.60. The zero-order valence-electron chi connectivity index (χ0n) is 13.9. The van der Waals surface area contributed by atoms with E-state index in [1.165, 1.54) is 31.2 Å². The van der Waals surface area contributed by atoms with Gasteiger partial charge in [0.05, 0.1) is 6.20 Å². The largest absolute Gasteiger partial charge is 0.355 e. The highest BCUT2D eigenvalue weighted by Gasteiger charge is 2.15. The molecule has 2 aromatic rings. The SMILES string of the molecule is CCN(Cc1ccccc1)c1nncc(N2CCCCCC2)n1. The molecule has 1 saturated heterocycles. The van der Waals surface area contributed by atoms with Gasteiger partial charge in [0.1, 0.15) is 0 Å². The van der Waals surface area contributed by atoms with Crippen LogP contribution >= 0.6 is 0 Å². The first kappa shape index (κ1) is 15.7. The van der Waals surface area contributed by atoms with Crippen LogP contribution in [0, 0.1) is 0 Å². The van der Waals surface area contributed by atoms with Gasteiger partial charge in [0.25, 0.3) is 0 Å². The molecule has 3 rings (SSSR count). The molecule has 0 saturated carbocycles. The van der Waals surface area contributed by atoms with Gasteiger partial charge in [-0.2, -0.15) is 10.1 Å². The van der Waals surface area contributed by atoms with Gasteiger partial charge < -0.3 is 9.80 Å². The van der Waals surface area contributed by atoms with Crippen LogP contribution in [0.25, 0.3) is 0 Å². The molecule has 0 radical (unpaired) electrons. The lowest BCUT2D eigenvalue weighted by molar-refractivity contribution is 0.726. The van der Waals surface area contributed by atoms with Gasteiger partial charge in [-0.05, 0) is 25.3 Å². The van der Waals surface area contributed by atoms with E-state index in [-0.39, 0.29) is 0 Å². The molecule has 0 N–H and O–H groups in total. The van der Waals surface area contributed by atoms with E-state index in [1.54, 1.807) is 6.20 Å². The van der Waals surface area contributed by atoms with Crippen molar-refractivity contribution in [2.75, 3.05) is 29.4 Å². The van der Waals surface area contributed by atoms with Crippen molar-refractivity contribution < 1.29 is 0 Å². The van der Waals surface area contributed by atoms with Crippen molar-refractivity contribution in [2.45, 2.75) is 39.2 Å². The molecular formula is C18H25N5. The maximum atomic E-state index is 4.78. The van der Waals surface area contributed by atoms with Gasteiger partial charge in [-0.3, -0.25) is 0 Å². The third-order valence-electron chi connectivity index (χ3n) is 4.35. The van der Waals surface area contributed by atoms with E-state index in [2.05, 4.69) is 51.2 Å². The Bertz CT molecular complexity index is 593. The van der Waals surface area contributed by atoms with Gasteiger partial charge in [0.15, 0.2) is 5.82 Å². The molecule has 122 valence electrons. The first-order chi connectivity index (χ1) is 11.4. The van der Waals surface area contributed by atoms with E-state index < -0.39 is 0 Å². The number of hydrogen-bond donors (Lipinski definition) is 0. The minimum absolute atomic E-state index is 0.720. The molecular weight excluding hydrogens is 286 g/mol. The Hall–Kier alpha value is -2.17.